The molecule has 0 radical (unpaired) electrons. The van der Waals surface area contributed by atoms with E-state index < -0.39 is 63.1 Å². The van der Waals surface area contributed by atoms with Gasteiger partial charge in [-0.1, -0.05) is 6.92 Å². The maximum Gasteiger partial charge on any atom is 0.573 e. The lowest BCUT2D eigenvalue weighted by atomic mass is 9.48. The van der Waals surface area contributed by atoms with E-state index in [1.54, 1.807) is 20.8 Å². The maximum atomic E-state index is 13.3. The SMILES string of the molecule is CCC(C)(C)Oc1cc(C(=O)OC23CC4CC(C2)CC(C(=O)OCCS(=O)(=O)O)(C4)C3)ccc1OC(F)(F)F. The van der Waals surface area contributed by atoms with Crippen molar-refractivity contribution in [3.63, 3.8) is 0 Å². The molecule has 1 aromatic rings. The molecular weight excluding hydrogens is 545 g/mol. The number of rotatable bonds is 10. The molecule has 0 aromatic heterocycles. The molecule has 4 aliphatic carbocycles. The summed E-state index contributed by atoms with van der Waals surface area (Å²) in [5.41, 5.74) is -2.76. The molecule has 9 nitrogen and oxygen atoms in total. The van der Waals surface area contributed by atoms with Gasteiger partial charge in [-0.25, -0.2) is 4.79 Å². The monoisotopic (exact) mass is 578 g/mol. The van der Waals surface area contributed by atoms with Crippen molar-refractivity contribution in [1.82, 2.24) is 0 Å². The molecule has 1 aromatic carbocycles. The molecule has 4 fully saturated rings. The molecule has 5 rings (SSSR count). The normalized spacial score (nSPS) is 28.2. The third kappa shape index (κ3) is 6.97. The van der Waals surface area contributed by atoms with Crippen LogP contribution in [0.5, 0.6) is 11.5 Å². The lowest BCUT2D eigenvalue weighted by molar-refractivity contribution is -0.275. The summed E-state index contributed by atoms with van der Waals surface area (Å²) in [7, 11) is -4.29. The van der Waals surface area contributed by atoms with Crippen molar-refractivity contribution in [3.05, 3.63) is 23.8 Å². The minimum Gasteiger partial charge on any atom is -0.484 e. The molecule has 1 N–H and O–H groups in total. The van der Waals surface area contributed by atoms with Crippen molar-refractivity contribution in [2.24, 2.45) is 17.3 Å². The Labute approximate surface area is 225 Å². The van der Waals surface area contributed by atoms with Gasteiger partial charge in [0.05, 0.1) is 11.0 Å². The first-order valence-corrected chi connectivity index (χ1v) is 14.5. The number of carbonyl (C=O) groups excluding carboxylic acids is 2. The Balaban J connectivity index is 1.55. The average Bonchev–Trinajstić information content (AvgIpc) is 2.77. The molecule has 2 unspecified atom stereocenters. The highest BCUT2D eigenvalue weighted by Gasteiger charge is 2.63. The van der Waals surface area contributed by atoms with E-state index in [0.29, 0.717) is 32.1 Å². The number of ether oxygens (including phenoxy) is 4. The lowest BCUT2D eigenvalue weighted by Crippen LogP contribution is -2.60. The van der Waals surface area contributed by atoms with Gasteiger partial charge in [0, 0.05) is 6.42 Å². The van der Waals surface area contributed by atoms with Crippen LogP contribution in [0.1, 0.15) is 76.1 Å². The summed E-state index contributed by atoms with van der Waals surface area (Å²) < 4.78 is 91.0. The number of carbonyl (C=O) groups is 2. The quantitative estimate of drug-likeness (QED) is 0.299. The van der Waals surface area contributed by atoms with Gasteiger partial charge >= 0.3 is 18.3 Å². The summed E-state index contributed by atoms with van der Waals surface area (Å²) in [4.78, 5) is 26.4. The smallest absolute Gasteiger partial charge is 0.484 e. The fraction of sp³-hybridized carbons (Fsp3) is 0.692. The van der Waals surface area contributed by atoms with E-state index in [9.17, 15) is 31.2 Å². The van der Waals surface area contributed by atoms with E-state index in [4.69, 9.17) is 18.8 Å². The number of alkyl halides is 3. The fourth-order valence-electron chi connectivity index (χ4n) is 6.48. The summed E-state index contributed by atoms with van der Waals surface area (Å²) in [6.45, 7) is 4.71. The molecule has 0 amide bonds. The number of benzene rings is 1. The molecule has 4 saturated carbocycles. The Morgan fingerprint density at radius 2 is 1.69 bits per heavy atom. The highest BCUT2D eigenvalue weighted by Crippen LogP contribution is 2.63. The van der Waals surface area contributed by atoms with Crippen molar-refractivity contribution >= 4 is 22.1 Å². The molecule has 0 spiro atoms. The molecule has 0 saturated heterocycles. The predicted molar refractivity (Wildman–Crippen MR) is 131 cm³/mol. The van der Waals surface area contributed by atoms with Crippen LogP contribution in [-0.4, -0.2) is 54.8 Å². The van der Waals surface area contributed by atoms with Crippen molar-refractivity contribution in [2.45, 2.75) is 83.3 Å². The number of hydrogen-bond acceptors (Lipinski definition) is 8. The van der Waals surface area contributed by atoms with E-state index >= 15 is 0 Å². The van der Waals surface area contributed by atoms with Gasteiger partial charge in [-0.3, -0.25) is 9.35 Å². The largest absolute Gasteiger partial charge is 0.573 e. The van der Waals surface area contributed by atoms with Gasteiger partial charge in [0.1, 0.15) is 23.6 Å². The van der Waals surface area contributed by atoms with E-state index in [1.165, 1.54) is 12.1 Å². The molecule has 2 atom stereocenters. The second kappa shape index (κ2) is 10.1. The molecule has 0 aliphatic heterocycles. The maximum absolute atomic E-state index is 13.3. The summed E-state index contributed by atoms with van der Waals surface area (Å²) in [6, 6.07) is 3.36. The second-order valence-electron chi connectivity index (χ2n) is 11.7. The van der Waals surface area contributed by atoms with Crippen molar-refractivity contribution in [1.29, 1.82) is 0 Å². The molecule has 13 heteroatoms. The van der Waals surface area contributed by atoms with E-state index in [0.717, 1.165) is 12.5 Å². The third-order valence-corrected chi connectivity index (χ3v) is 8.65. The summed E-state index contributed by atoms with van der Waals surface area (Å²) in [6.07, 6.45) is -1.28. The van der Waals surface area contributed by atoms with Crippen LogP contribution in [0.25, 0.3) is 0 Å². The predicted octanol–water partition coefficient (Wildman–Crippen LogP) is 5.08. The van der Waals surface area contributed by atoms with Gasteiger partial charge in [-0.05, 0) is 82.4 Å². The third-order valence-electron chi connectivity index (χ3n) is 7.97. The number of halogens is 3. The zero-order valence-electron chi connectivity index (χ0n) is 22.0. The number of hydrogen-bond donors (Lipinski definition) is 1. The highest BCUT2D eigenvalue weighted by molar-refractivity contribution is 7.85. The minimum atomic E-state index is -4.96. The van der Waals surface area contributed by atoms with Crippen molar-refractivity contribution < 1.29 is 54.7 Å². The van der Waals surface area contributed by atoms with Crippen LogP contribution in [0.2, 0.25) is 0 Å². The molecule has 39 heavy (non-hydrogen) atoms. The molecule has 4 aliphatic rings. The van der Waals surface area contributed by atoms with Crippen LogP contribution in [-0.2, 0) is 24.4 Å². The van der Waals surface area contributed by atoms with Gasteiger partial charge in [0.25, 0.3) is 10.1 Å². The zero-order chi connectivity index (χ0) is 28.9. The summed E-state index contributed by atoms with van der Waals surface area (Å²) in [5.74, 6) is -2.69. The van der Waals surface area contributed by atoms with Crippen LogP contribution >= 0.6 is 0 Å². The highest BCUT2D eigenvalue weighted by atomic mass is 32.2. The van der Waals surface area contributed by atoms with Gasteiger partial charge in [-0.2, -0.15) is 8.42 Å². The Bertz CT molecular complexity index is 1210. The molecule has 4 bridgehead atoms. The number of esters is 2. The summed E-state index contributed by atoms with van der Waals surface area (Å²) >= 11 is 0. The Kier molecular flexibility index (Phi) is 7.65. The van der Waals surface area contributed by atoms with Crippen molar-refractivity contribution in [3.8, 4) is 11.5 Å². The fourth-order valence-corrected chi connectivity index (χ4v) is 6.77. The Morgan fingerprint density at radius 3 is 2.26 bits per heavy atom. The topological polar surface area (TPSA) is 125 Å². The van der Waals surface area contributed by atoms with Gasteiger partial charge in [0.2, 0.25) is 0 Å². The average molecular weight is 579 g/mol. The minimum absolute atomic E-state index is 0.0213. The summed E-state index contributed by atoms with van der Waals surface area (Å²) in [5, 5.41) is 0. The van der Waals surface area contributed by atoms with Crippen LogP contribution in [0.15, 0.2) is 18.2 Å². The Morgan fingerprint density at radius 1 is 1.05 bits per heavy atom. The Hall–Kier alpha value is -2.54. The first-order chi connectivity index (χ1) is 17.9. The van der Waals surface area contributed by atoms with E-state index in [2.05, 4.69) is 4.74 Å². The lowest BCUT2D eigenvalue weighted by Gasteiger charge is -2.59. The van der Waals surface area contributed by atoms with Crippen molar-refractivity contribution in [2.75, 3.05) is 12.4 Å². The van der Waals surface area contributed by atoms with Gasteiger partial charge in [-0.15, -0.1) is 13.2 Å². The van der Waals surface area contributed by atoms with Crippen LogP contribution < -0.4 is 9.47 Å². The van der Waals surface area contributed by atoms with Crippen LogP contribution in [0, 0.1) is 17.3 Å². The molecule has 0 heterocycles. The van der Waals surface area contributed by atoms with Crippen LogP contribution in [0.4, 0.5) is 13.2 Å². The van der Waals surface area contributed by atoms with E-state index in [-0.39, 0.29) is 29.6 Å². The van der Waals surface area contributed by atoms with Crippen LogP contribution in [0.3, 0.4) is 0 Å². The standard InChI is InChI=1S/C26H33F3O9S/c1-4-23(2,3)36-20-10-18(5-6-19(20)37-26(27,28)29)21(30)38-25-13-16-9-17(14-25)12-24(11-16,15-25)22(31)35-7-8-39(32,33)34/h5-6,10,16-17H,4,7-9,11-15H2,1-3H3,(H,32,33,34). The molecular formula is C26H33F3O9S. The molecule has 218 valence electrons. The first-order valence-electron chi connectivity index (χ1n) is 12.9. The zero-order valence-corrected chi connectivity index (χ0v) is 22.8. The van der Waals surface area contributed by atoms with Gasteiger partial charge in [0.15, 0.2) is 11.5 Å². The van der Waals surface area contributed by atoms with Gasteiger partial charge < -0.3 is 18.9 Å². The first kappa shape index (κ1) is 29.4. The van der Waals surface area contributed by atoms with E-state index in [1.807, 2.05) is 0 Å². The second-order valence-corrected chi connectivity index (χ2v) is 13.2.